The quantitative estimate of drug-likeness (QED) is 0.497. The van der Waals surface area contributed by atoms with Crippen molar-refractivity contribution in [3.8, 4) is 0 Å². The molecule has 0 atom stereocenters. The molecular formula is C14H17. The summed E-state index contributed by atoms with van der Waals surface area (Å²) in [5, 5.41) is 0. The van der Waals surface area contributed by atoms with Crippen LogP contribution in [0.1, 0.15) is 19.3 Å². The minimum atomic E-state index is 1.00. The smallest absolute Gasteiger partial charge is 0.0130 e. The Kier molecular flexibility index (Phi) is 6.39. The van der Waals surface area contributed by atoms with E-state index in [1.807, 2.05) is 0 Å². The predicted molar refractivity (Wildman–Crippen MR) is 63.9 cm³/mol. The van der Waals surface area contributed by atoms with E-state index in [1.54, 1.807) is 0 Å². The molecule has 14 heavy (non-hydrogen) atoms. The van der Waals surface area contributed by atoms with Gasteiger partial charge in [0.05, 0.1) is 0 Å². The Labute approximate surface area is 87.0 Å². The van der Waals surface area contributed by atoms with E-state index in [9.17, 15) is 0 Å². The van der Waals surface area contributed by atoms with E-state index in [0.717, 1.165) is 19.3 Å². The van der Waals surface area contributed by atoms with Gasteiger partial charge in [0.1, 0.15) is 0 Å². The molecule has 0 aromatic carbocycles. The SMILES string of the molecule is [CH]1/C=C/C=C\C/C=C\C=C\C/C=C/C1. The fourth-order valence-electron chi connectivity index (χ4n) is 1.12. The van der Waals surface area contributed by atoms with E-state index < -0.39 is 0 Å². The average Bonchev–Trinajstić information content (AvgIpc) is 2.22. The molecule has 1 aliphatic rings. The minimum Gasteiger partial charge on any atom is -0.0876 e. The largest absolute Gasteiger partial charge is 0.0876 e. The predicted octanol–water partition coefficient (Wildman–Crippen LogP) is 4.16. The molecule has 1 rings (SSSR count). The fourth-order valence-corrected chi connectivity index (χ4v) is 1.12. The summed E-state index contributed by atoms with van der Waals surface area (Å²) in [6.07, 6.45) is 26.5. The Hall–Kier alpha value is -1.30. The summed E-state index contributed by atoms with van der Waals surface area (Å²) < 4.78 is 0. The molecule has 0 N–H and O–H groups in total. The van der Waals surface area contributed by atoms with Crippen molar-refractivity contribution >= 4 is 0 Å². The number of rotatable bonds is 0. The van der Waals surface area contributed by atoms with E-state index in [-0.39, 0.29) is 0 Å². The van der Waals surface area contributed by atoms with Crippen LogP contribution in [-0.4, -0.2) is 0 Å². The zero-order valence-corrected chi connectivity index (χ0v) is 8.47. The maximum atomic E-state index is 2.19. The second-order valence-electron chi connectivity index (χ2n) is 3.08. The van der Waals surface area contributed by atoms with Gasteiger partial charge >= 0.3 is 0 Å². The summed E-state index contributed by atoms with van der Waals surface area (Å²) >= 11 is 0. The Morgan fingerprint density at radius 3 is 1.79 bits per heavy atom. The number of hydrogen-bond donors (Lipinski definition) is 0. The Morgan fingerprint density at radius 2 is 1.00 bits per heavy atom. The summed E-state index contributed by atoms with van der Waals surface area (Å²) in [5.41, 5.74) is 0. The lowest BCUT2D eigenvalue weighted by molar-refractivity contribution is 1.25. The summed E-state index contributed by atoms with van der Waals surface area (Å²) in [7, 11) is 0. The van der Waals surface area contributed by atoms with Crippen molar-refractivity contribution in [3.63, 3.8) is 0 Å². The van der Waals surface area contributed by atoms with Gasteiger partial charge in [-0.15, -0.1) is 0 Å². The van der Waals surface area contributed by atoms with E-state index in [0.29, 0.717) is 0 Å². The second-order valence-corrected chi connectivity index (χ2v) is 3.08. The molecule has 1 aliphatic carbocycles. The van der Waals surface area contributed by atoms with Crippen LogP contribution in [0.5, 0.6) is 0 Å². The van der Waals surface area contributed by atoms with Crippen molar-refractivity contribution < 1.29 is 0 Å². The van der Waals surface area contributed by atoms with Crippen LogP contribution in [-0.2, 0) is 0 Å². The van der Waals surface area contributed by atoms with Crippen molar-refractivity contribution in [2.45, 2.75) is 19.3 Å². The van der Waals surface area contributed by atoms with Gasteiger partial charge < -0.3 is 0 Å². The lowest BCUT2D eigenvalue weighted by atomic mass is 10.2. The maximum absolute atomic E-state index is 2.19. The Balaban J connectivity index is 2.45. The maximum Gasteiger partial charge on any atom is -0.0130 e. The van der Waals surface area contributed by atoms with Crippen LogP contribution in [0.25, 0.3) is 0 Å². The molecule has 0 aliphatic heterocycles. The summed E-state index contributed by atoms with van der Waals surface area (Å²) in [4.78, 5) is 0. The molecule has 0 nitrogen and oxygen atoms in total. The van der Waals surface area contributed by atoms with Crippen LogP contribution in [0.15, 0.2) is 60.8 Å². The molecule has 0 saturated heterocycles. The van der Waals surface area contributed by atoms with Crippen LogP contribution in [0, 0.1) is 6.42 Å². The second kappa shape index (κ2) is 8.31. The van der Waals surface area contributed by atoms with Gasteiger partial charge in [0.2, 0.25) is 0 Å². The molecule has 0 heteroatoms. The van der Waals surface area contributed by atoms with Crippen LogP contribution in [0.3, 0.4) is 0 Å². The minimum absolute atomic E-state index is 1.00. The first-order valence-electron chi connectivity index (χ1n) is 5.12. The van der Waals surface area contributed by atoms with Crippen LogP contribution >= 0.6 is 0 Å². The molecule has 0 spiro atoms. The van der Waals surface area contributed by atoms with Crippen LogP contribution in [0.2, 0.25) is 0 Å². The van der Waals surface area contributed by atoms with E-state index in [1.165, 1.54) is 0 Å². The molecule has 0 unspecified atom stereocenters. The first kappa shape index (κ1) is 10.8. The zero-order valence-electron chi connectivity index (χ0n) is 8.47. The number of allylic oxidation sites excluding steroid dienone is 10. The van der Waals surface area contributed by atoms with Gasteiger partial charge in [-0.05, 0) is 25.7 Å². The van der Waals surface area contributed by atoms with Crippen LogP contribution < -0.4 is 0 Å². The van der Waals surface area contributed by atoms with Gasteiger partial charge in [0.15, 0.2) is 0 Å². The molecule has 1 radical (unpaired) electrons. The van der Waals surface area contributed by atoms with Crippen molar-refractivity contribution in [1.82, 2.24) is 0 Å². The standard InChI is InChI=1S/C14H17/c1-2-4-6-8-10-12-14-13-11-9-7-5-3-1/h1-5,8-12,14H,6-7,13H2/b3-1+,4-2-,10-8-,11-9+,14-12+. The van der Waals surface area contributed by atoms with Gasteiger partial charge in [0.25, 0.3) is 0 Å². The first-order valence-corrected chi connectivity index (χ1v) is 5.12. The highest BCUT2D eigenvalue weighted by Gasteiger charge is 1.77. The Morgan fingerprint density at radius 1 is 0.429 bits per heavy atom. The van der Waals surface area contributed by atoms with E-state index in [2.05, 4.69) is 67.2 Å². The Bertz CT molecular complexity index is 262. The first-order chi connectivity index (χ1) is 7.00. The van der Waals surface area contributed by atoms with Crippen molar-refractivity contribution in [1.29, 1.82) is 0 Å². The van der Waals surface area contributed by atoms with Gasteiger partial charge in [-0.1, -0.05) is 60.8 Å². The lowest BCUT2D eigenvalue weighted by Crippen LogP contribution is -1.67. The third-order valence-electron chi connectivity index (χ3n) is 1.86. The van der Waals surface area contributed by atoms with Crippen LogP contribution in [0.4, 0.5) is 0 Å². The molecule has 73 valence electrons. The molecule has 0 aromatic heterocycles. The summed E-state index contributed by atoms with van der Waals surface area (Å²) in [6, 6.07) is 0. The normalized spacial score (nSPS) is 29.7. The monoisotopic (exact) mass is 185 g/mol. The highest BCUT2D eigenvalue weighted by molar-refractivity contribution is 5.12. The highest BCUT2D eigenvalue weighted by Crippen LogP contribution is 1.96. The zero-order chi connectivity index (χ0) is 9.90. The van der Waals surface area contributed by atoms with Gasteiger partial charge in [0, 0.05) is 0 Å². The van der Waals surface area contributed by atoms with E-state index in [4.69, 9.17) is 0 Å². The van der Waals surface area contributed by atoms with E-state index >= 15 is 0 Å². The molecule has 0 bridgehead atoms. The summed E-state index contributed by atoms with van der Waals surface area (Å²) in [5.74, 6) is 0. The molecular weight excluding hydrogens is 168 g/mol. The van der Waals surface area contributed by atoms with Gasteiger partial charge in [-0.25, -0.2) is 0 Å². The third kappa shape index (κ3) is 6.24. The van der Waals surface area contributed by atoms with Crippen molar-refractivity contribution in [3.05, 3.63) is 67.2 Å². The lowest BCUT2D eigenvalue weighted by Gasteiger charge is -1.86. The molecule has 0 aromatic rings. The number of hydrogen-bond acceptors (Lipinski definition) is 0. The fraction of sp³-hybridized carbons (Fsp3) is 0.214. The molecule has 0 heterocycles. The topological polar surface area (TPSA) is 0 Å². The molecule has 0 saturated carbocycles. The molecule has 0 amide bonds. The van der Waals surface area contributed by atoms with Crippen molar-refractivity contribution in [2.75, 3.05) is 0 Å². The molecule has 0 fully saturated rings. The van der Waals surface area contributed by atoms with Crippen molar-refractivity contribution in [2.24, 2.45) is 0 Å². The van der Waals surface area contributed by atoms with Gasteiger partial charge in [-0.3, -0.25) is 0 Å². The highest BCUT2D eigenvalue weighted by atomic mass is 13.8. The van der Waals surface area contributed by atoms with Gasteiger partial charge in [-0.2, -0.15) is 0 Å². The average molecular weight is 185 g/mol. The third-order valence-corrected chi connectivity index (χ3v) is 1.86. The summed E-state index contributed by atoms with van der Waals surface area (Å²) in [6.45, 7) is 0.